The predicted octanol–water partition coefficient (Wildman–Crippen LogP) is 3.72. The monoisotopic (exact) mass is 317 g/mol. The molecule has 0 aliphatic heterocycles. The lowest BCUT2D eigenvalue weighted by molar-refractivity contribution is -0.112. The van der Waals surface area contributed by atoms with E-state index in [9.17, 15) is 10.1 Å². The highest BCUT2D eigenvalue weighted by molar-refractivity contribution is 6.10. The first-order valence-corrected chi connectivity index (χ1v) is 7.34. The number of fused-ring (bicyclic) bond motifs is 1. The lowest BCUT2D eigenvalue weighted by atomic mass is 10.1. The topological polar surface area (TPSA) is 77.9 Å². The number of methoxy groups -OCH3 is 1. The van der Waals surface area contributed by atoms with Crippen LogP contribution in [-0.4, -0.2) is 18.0 Å². The molecule has 3 rings (SSSR count). The molecule has 24 heavy (non-hydrogen) atoms. The first-order chi connectivity index (χ1) is 11.7. The molecule has 0 radical (unpaired) electrons. The summed E-state index contributed by atoms with van der Waals surface area (Å²) in [5.74, 6) is 0.268. The van der Waals surface area contributed by atoms with E-state index in [0.29, 0.717) is 11.4 Å². The summed E-state index contributed by atoms with van der Waals surface area (Å²) in [4.78, 5) is 15.4. The molecule has 0 unspecified atom stereocenters. The second-order valence-electron chi connectivity index (χ2n) is 5.15. The number of carbonyl (C=O) groups is 1. The van der Waals surface area contributed by atoms with Crippen molar-refractivity contribution < 1.29 is 9.53 Å². The molecule has 0 atom stereocenters. The summed E-state index contributed by atoms with van der Waals surface area (Å²) < 4.78 is 5.23. The molecule has 1 heterocycles. The van der Waals surface area contributed by atoms with Crippen molar-refractivity contribution in [2.75, 3.05) is 12.4 Å². The van der Waals surface area contributed by atoms with E-state index in [2.05, 4.69) is 10.3 Å². The molecular formula is C19H15N3O2. The van der Waals surface area contributed by atoms with Gasteiger partial charge in [-0.15, -0.1) is 0 Å². The van der Waals surface area contributed by atoms with Gasteiger partial charge in [-0.05, 0) is 36.4 Å². The highest BCUT2D eigenvalue weighted by atomic mass is 16.5. The maximum Gasteiger partial charge on any atom is 0.266 e. The fourth-order valence-electron chi connectivity index (χ4n) is 2.39. The average Bonchev–Trinajstić information content (AvgIpc) is 3.02. The van der Waals surface area contributed by atoms with E-state index in [-0.39, 0.29) is 5.57 Å². The zero-order valence-corrected chi connectivity index (χ0v) is 13.0. The van der Waals surface area contributed by atoms with Crippen molar-refractivity contribution in [1.82, 2.24) is 4.98 Å². The van der Waals surface area contributed by atoms with E-state index >= 15 is 0 Å². The normalized spacial score (nSPS) is 11.1. The van der Waals surface area contributed by atoms with Gasteiger partial charge >= 0.3 is 0 Å². The Labute approximate surface area is 139 Å². The van der Waals surface area contributed by atoms with Crippen molar-refractivity contribution in [3.8, 4) is 11.8 Å². The fraction of sp³-hybridized carbons (Fsp3) is 0.0526. The summed E-state index contributed by atoms with van der Waals surface area (Å²) in [5.41, 5.74) is 2.33. The SMILES string of the molecule is COc1ccc2[nH]cc(/C=C(/C#N)C(=O)Nc3ccccc3)c2c1. The summed E-state index contributed by atoms with van der Waals surface area (Å²) >= 11 is 0. The van der Waals surface area contributed by atoms with E-state index in [4.69, 9.17) is 4.74 Å². The molecule has 2 N–H and O–H groups in total. The minimum atomic E-state index is -0.444. The first-order valence-electron chi connectivity index (χ1n) is 7.34. The maximum atomic E-state index is 12.3. The Bertz CT molecular complexity index is 950. The Balaban J connectivity index is 1.93. The van der Waals surface area contributed by atoms with Crippen molar-refractivity contribution in [2.24, 2.45) is 0 Å². The lowest BCUT2D eigenvalue weighted by Gasteiger charge is -2.03. The zero-order chi connectivity index (χ0) is 16.9. The number of aromatic nitrogens is 1. The molecule has 0 saturated heterocycles. The number of amides is 1. The number of carbonyl (C=O) groups excluding carboxylic acids is 1. The molecule has 5 heteroatoms. The van der Waals surface area contributed by atoms with Crippen LogP contribution >= 0.6 is 0 Å². The van der Waals surface area contributed by atoms with E-state index in [0.717, 1.165) is 16.5 Å². The Morgan fingerprint density at radius 3 is 2.75 bits per heavy atom. The number of para-hydroxylation sites is 1. The van der Waals surface area contributed by atoms with Gasteiger partial charge in [0.25, 0.3) is 5.91 Å². The quantitative estimate of drug-likeness (QED) is 0.568. The van der Waals surface area contributed by atoms with Gasteiger partial charge in [0, 0.05) is 28.4 Å². The van der Waals surface area contributed by atoms with Gasteiger partial charge in [-0.1, -0.05) is 18.2 Å². The zero-order valence-electron chi connectivity index (χ0n) is 13.0. The Kier molecular flexibility index (Phi) is 4.30. The van der Waals surface area contributed by atoms with Crippen molar-refractivity contribution in [1.29, 1.82) is 5.26 Å². The molecule has 0 aliphatic rings. The van der Waals surface area contributed by atoms with Gasteiger partial charge in [-0.3, -0.25) is 4.79 Å². The maximum absolute atomic E-state index is 12.3. The van der Waals surface area contributed by atoms with Crippen LogP contribution in [0.4, 0.5) is 5.69 Å². The van der Waals surface area contributed by atoms with Gasteiger partial charge in [-0.2, -0.15) is 5.26 Å². The van der Waals surface area contributed by atoms with E-state index < -0.39 is 5.91 Å². The number of hydrogen-bond donors (Lipinski definition) is 2. The molecule has 118 valence electrons. The summed E-state index contributed by atoms with van der Waals surface area (Å²) in [6.07, 6.45) is 3.33. The van der Waals surface area contributed by atoms with Gasteiger partial charge in [0.2, 0.25) is 0 Å². The highest BCUT2D eigenvalue weighted by Crippen LogP contribution is 2.25. The standard InChI is InChI=1S/C19H15N3O2/c1-24-16-7-8-18-17(10-16)14(12-21-18)9-13(11-20)19(23)22-15-5-3-2-4-6-15/h2-10,12,21H,1H3,(H,22,23)/b13-9-. The van der Waals surface area contributed by atoms with Gasteiger partial charge < -0.3 is 15.0 Å². The van der Waals surface area contributed by atoms with Crippen LogP contribution in [0.1, 0.15) is 5.56 Å². The van der Waals surface area contributed by atoms with Crippen LogP contribution in [0.15, 0.2) is 60.3 Å². The van der Waals surface area contributed by atoms with Gasteiger partial charge in [0.15, 0.2) is 0 Å². The number of aromatic amines is 1. The molecule has 0 spiro atoms. The summed E-state index contributed by atoms with van der Waals surface area (Å²) in [6, 6.07) is 16.6. The van der Waals surface area contributed by atoms with Crippen LogP contribution in [0.5, 0.6) is 5.75 Å². The molecular weight excluding hydrogens is 302 g/mol. The number of nitrogens with one attached hydrogen (secondary N) is 2. The smallest absolute Gasteiger partial charge is 0.266 e. The highest BCUT2D eigenvalue weighted by Gasteiger charge is 2.11. The van der Waals surface area contributed by atoms with E-state index in [1.165, 1.54) is 0 Å². The van der Waals surface area contributed by atoms with Crippen LogP contribution in [0.25, 0.3) is 17.0 Å². The number of nitriles is 1. The fourth-order valence-corrected chi connectivity index (χ4v) is 2.39. The van der Waals surface area contributed by atoms with Crippen molar-refractivity contribution >= 4 is 28.6 Å². The third-order valence-corrected chi connectivity index (χ3v) is 3.62. The minimum absolute atomic E-state index is 0.0302. The van der Waals surface area contributed by atoms with Crippen molar-refractivity contribution in [3.63, 3.8) is 0 Å². The molecule has 5 nitrogen and oxygen atoms in total. The number of ether oxygens (including phenoxy) is 1. The number of benzene rings is 2. The molecule has 0 aliphatic carbocycles. The minimum Gasteiger partial charge on any atom is -0.497 e. The van der Waals surface area contributed by atoms with Gasteiger partial charge in [-0.25, -0.2) is 0 Å². The van der Waals surface area contributed by atoms with E-state index in [1.54, 1.807) is 31.5 Å². The van der Waals surface area contributed by atoms with Gasteiger partial charge in [0.1, 0.15) is 17.4 Å². The van der Waals surface area contributed by atoms with E-state index in [1.807, 2.05) is 42.5 Å². The molecule has 2 aromatic carbocycles. The van der Waals surface area contributed by atoms with Crippen LogP contribution in [0.3, 0.4) is 0 Å². The second-order valence-corrected chi connectivity index (χ2v) is 5.15. The molecule has 1 amide bonds. The lowest BCUT2D eigenvalue weighted by Crippen LogP contribution is -2.13. The third kappa shape index (κ3) is 3.13. The van der Waals surface area contributed by atoms with Crippen LogP contribution < -0.4 is 10.1 Å². The predicted molar refractivity (Wildman–Crippen MR) is 93.5 cm³/mol. The molecule has 3 aromatic rings. The average molecular weight is 317 g/mol. The van der Waals surface area contributed by atoms with Crippen molar-refractivity contribution in [3.05, 3.63) is 65.9 Å². The molecule has 1 aromatic heterocycles. The summed E-state index contributed by atoms with van der Waals surface area (Å²) in [5, 5.41) is 12.9. The Hall–Kier alpha value is -3.52. The Morgan fingerprint density at radius 2 is 2.04 bits per heavy atom. The molecule has 0 saturated carbocycles. The summed E-state index contributed by atoms with van der Waals surface area (Å²) in [7, 11) is 1.59. The largest absolute Gasteiger partial charge is 0.497 e. The van der Waals surface area contributed by atoms with Crippen LogP contribution in [0.2, 0.25) is 0 Å². The number of hydrogen-bond acceptors (Lipinski definition) is 3. The van der Waals surface area contributed by atoms with Crippen LogP contribution in [0, 0.1) is 11.3 Å². The van der Waals surface area contributed by atoms with Gasteiger partial charge in [0.05, 0.1) is 7.11 Å². The number of anilines is 1. The van der Waals surface area contributed by atoms with Crippen molar-refractivity contribution in [2.45, 2.75) is 0 Å². The number of nitrogens with zero attached hydrogens (tertiary/aromatic N) is 1. The molecule has 0 bridgehead atoms. The second kappa shape index (κ2) is 6.71. The summed E-state index contributed by atoms with van der Waals surface area (Å²) in [6.45, 7) is 0. The number of H-pyrrole nitrogens is 1. The Morgan fingerprint density at radius 1 is 1.25 bits per heavy atom. The number of rotatable bonds is 4. The third-order valence-electron chi connectivity index (χ3n) is 3.62. The van der Waals surface area contributed by atoms with Crippen LogP contribution in [-0.2, 0) is 4.79 Å². The first kappa shape index (κ1) is 15.4. The molecule has 0 fully saturated rings.